The zero-order valence-electron chi connectivity index (χ0n) is 9.56. The average Bonchev–Trinajstić information content (AvgIpc) is 2.26. The molecule has 0 unspecified atom stereocenters. The molecule has 16 heavy (non-hydrogen) atoms. The fourth-order valence-electron chi connectivity index (χ4n) is 1.89. The molecule has 0 saturated carbocycles. The highest BCUT2D eigenvalue weighted by molar-refractivity contribution is 5.96. The molecule has 3 N–H and O–H groups in total. The molecular formula is C12H14FN3. The number of hydrogen-bond donors (Lipinski definition) is 2. The van der Waals surface area contributed by atoms with Crippen LogP contribution in [-0.2, 0) is 0 Å². The van der Waals surface area contributed by atoms with Gasteiger partial charge in [-0.1, -0.05) is 6.07 Å². The van der Waals surface area contributed by atoms with E-state index in [0.29, 0.717) is 5.52 Å². The number of anilines is 1. The van der Waals surface area contributed by atoms with E-state index >= 15 is 0 Å². The number of pyridine rings is 1. The molecule has 3 nitrogen and oxygen atoms in total. The van der Waals surface area contributed by atoms with Gasteiger partial charge in [0.1, 0.15) is 11.3 Å². The molecule has 84 valence electrons. The van der Waals surface area contributed by atoms with Crippen LogP contribution in [0.3, 0.4) is 0 Å². The first-order chi connectivity index (χ1) is 7.56. The summed E-state index contributed by atoms with van der Waals surface area (Å²) in [6.07, 6.45) is 0. The summed E-state index contributed by atoms with van der Waals surface area (Å²) < 4.78 is 13.7. The van der Waals surface area contributed by atoms with Crippen molar-refractivity contribution in [1.29, 1.82) is 0 Å². The number of rotatable bonds is 1. The van der Waals surface area contributed by atoms with Crippen molar-refractivity contribution in [3.8, 4) is 0 Å². The molecule has 0 saturated heterocycles. The Hall–Kier alpha value is -1.68. The number of benzene rings is 1. The minimum atomic E-state index is -0.319. The number of fused-ring (bicyclic) bond motifs is 1. The van der Waals surface area contributed by atoms with Gasteiger partial charge in [0.05, 0.1) is 5.69 Å². The predicted octanol–water partition coefficient (Wildman–Crippen LogP) is 2.58. The smallest absolute Gasteiger partial charge is 0.149 e. The summed E-state index contributed by atoms with van der Waals surface area (Å²) in [5.74, 6) is 5.19. The predicted molar refractivity (Wildman–Crippen MR) is 63.7 cm³/mol. The van der Waals surface area contributed by atoms with E-state index in [1.54, 1.807) is 6.07 Å². The van der Waals surface area contributed by atoms with Crippen LogP contribution in [0, 0.1) is 26.6 Å². The SMILES string of the molecule is Cc1nc2c(F)ccc(C)c2c(NN)c1C. The Bertz CT molecular complexity index is 564. The summed E-state index contributed by atoms with van der Waals surface area (Å²) in [5.41, 5.74) is 6.45. The van der Waals surface area contributed by atoms with E-state index in [-0.39, 0.29) is 5.82 Å². The van der Waals surface area contributed by atoms with Gasteiger partial charge in [-0.2, -0.15) is 0 Å². The van der Waals surface area contributed by atoms with Crippen molar-refractivity contribution in [2.75, 3.05) is 5.43 Å². The second kappa shape index (κ2) is 3.72. The molecule has 0 radical (unpaired) electrons. The lowest BCUT2D eigenvalue weighted by molar-refractivity contribution is 0.636. The first kappa shape index (κ1) is 10.8. The maximum absolute atomic E-state index is 13.7. The Labute approximate surface area is 93.5 Å². The Morgan fingerprint density at radius 2 is 1.94 bits per heavy atom. The summed E-state index contributed by atoms with van der Waals surface area (Å²) >= 11 is 0. The van der Waals surface area contributed by atoms with E-state index in [4.69, 9.17) is 5.84 Å². The van der Waals surface area contributed by atoms with E-state index in [1.165, 1.54) is 6.07 Å². The Balaban J connectivity index is 3.02. The van der Waals surface area contributed by atoms with Gasteiger partial charge >= 0.3 is 0 Å². The van der Waals surface area contributed by atoms with Gasteiger partial charge in [-0.3, -0.25) is 5.84 Å². The first-order valence-corrected chi connectivity index (χ1v) is 5.09. The van der Waals surface area contributed by atoms with Gasteiger partial charge in [0.15, 0.2) is 0 Å². The van der Waals surface area contributed by atoms with Crippen molar-refractivity contribution in [2.45, 2.75) is 20.8 Å². The molecule has 1 aromatic carbocycles. The van der Waals surface area contributed by atoms with E-state index in [2.05, 4.69) is 10.4 Å². The number of hydrogen-bond acceptors (Lipinski definition) is 3. The van der Waals surface area contributed by atoms with Crippen LogP contribution in [0.25, 0.3) is 10.9 Å². The molecule has 0 fully saturated rings. The third-order valence-corrected chi connectivity index (χ3v) is 2.93. The van der Waals surface area contributed by atoms with Gasteiger partial charge in [0, 0.05) is 11.1 Å². The van der Waals surface area contributed by atoms with Crippen molar-refractivity contribution in [3.05, 3.63) is 34.8 Å². The van der Waals surface area contributed by atoms with Crippen molar-refractivity contribution < 1.29 is 4.39 Å². The fourth-order valence-corrected chi connectivity index (χ4v) is 1.89. The number of aryl methyl sites for hydroxylation is 2. The van der Waals surface area contributed by atoms with Gasteiger partial charge < -0.3 is 5.43 Å². The third-order valence-electron chi connectivity index (χ3n) is 2.93. The van der Waals surface area contributed by atoms with Gasteiger partial charge in [-0.15, -0.1) is 0 Å². The molecule has 0 amide bonds. The van der Waals surface area contributed by atoms with E-state index in [1.807, 2.05) is 20.8 Å². The van der Waals surface area contributed by atoms with Crippen LogP contribution in [-0.4, -0.2) is 4.98 Å². The summed E-state index contributed by atoms with van der Waals surface area (Å²) in [4.78, 5) is 4.27. The zero-order chi connectivity index (χ0) is 11.9. The molecule has 0 spiro atoms. The molecule has 1 aromatic heterocycles. The van der Waals surface area contributed by atoms with Crippen LogP contribution >= 0.6 is 0 Å². The summed E-state index contributed by atoms with van der Waals surface area (Å²) in [5, 5.41) is 0.755. The maximum atomic E-state index is 13.7. The van der Waals surface area contributed by atoms with Gasteiger partial charge in [0.25, 0.3) is 0 Å². The van der Waals surface area contributed by atoms with Crippen LogP contribution in [0.1, 0.15) is 16.8 Å². The largest absolute Gasteiger partial charge is 0.323 e. The number of halogens is 1. The van der Waals surface area contributed by atoms with Gasteiger partial charge in [-0.25, -0.2) is 9.37 Å². The number of nitrogens with one attached hydrogen (secondary N) is 1. The minimum Gasteiger partial charge on any atom is -0.323 e. The van der Waals surface area contributed by atoms with Crippen LogP contribution in [0.15, 0.2) is 12.1 Å². The molecule has 0 atom stereocenters. The highest BCUT2D eigenvalue weighted by Crippen LogP contribution is 2.30. The quantitative estimate of drug-likeness (QED) is 0.572. The van der Waals surface area contributed by atoms with Crippen LogP contribution < -0.4 is 11.3 Å². The summed E-state index contributed by atoms with van der Waals surface area (Å²) in [6, 6.07) is 3.16. The summed E-state index contributed by atoms with van der Waals surface area (Å²) in [6.45, 7) is 5.68. The van der Waals surface area contributed by atoms with Crippen LogP contribution in [0.5, 0.6) is 0 Å². The Kier molecular flexibility index (Phi) is 2.52. The number of aromatic nitrogens is 1. The van der Waals surface area contributed by atoms with Gasteiger partial charge in [0.2, 0.25) is 0 Å². The standard InChI is InChI=1S/C12H14FN3/c1-6-4-5-9(13)12-10(6)11(16-14)7(2)8(3)15-12/h4-5H,14H2,1-3H3,(H,15,16). The zero-order valence-corrected chi connectivity index (χ0v) is 9.56. The average molecular weight is 219 g/mol. The third kappa shape index (κ3) is 1.42. The number of nitrogens with two attached hydrogens (primary N) is 1. The second-order valence-electron chi connectivity index (χ2n) is 3.93. The number of nitrogens with zero attached hydrogens (tertiary/aromatic N) is 1. The molecule has 1 heterocycles. The number of nitrogen functional groups attached to an aromatic ring is 1. The topological polar surface area (TPSA) is 50.9 Å². The molecule has 2 aromatic rings. The molecule has 0 aliphatic carbocycles. The van der Waals surface area contributed by atoms with Crippen LogP contribution in [0.2, 0.25) is 0 Å². The Morgan fingerprint density at radius 1 is 1.25 bits per heavy atom. The lowest BCUT2D eigenvalue weighted by atomic mass is 10.0. The molecule has 2 rings (SSSR count). The van der Waals surface area contributed by atoms with E-state index in [0.717, 1.165) is 27.9 Å². The lowest BCUT2D eigenvalue weighted by Gasteiger charge is -2.13. The second-order valence-corrected chi connectivity index (χ2v) is 3.93. The number of hydrazine groups is 1. The monoisotopic (exact) mass is 219 g/mol. The van der Waals surface area contributed by atoms with E-state index in [9.17, 15) is 4.39 Å². The van der Waals surface area contributed by atoms with E-state index < -0.39 is 0 Å². The van der Waals surface area contributed by atoms with Crippen molar-refractivity contribution in [3.63, 3.8) is 0 Å². The highest BCUT2D eigenvalue weighted by atomic mass is 19.1. The lowest BCUT2D eigenvalue weighted by Crippen LogP contribution is -2.11. The van der Waals surface area contributed by atoms with Crippen molar-refractivity contribution >= 4 is 16.6 Å². The molecular weight excluding hydrogens is 205 g/mol. The fraction of sp³-hybridized carbons (Fsp3) is 0.250. The highest BCUT2D eigenvalue weighted by Gasteiger charge is 2.13. The van der Waals surface area contributed by atoms with Crippen molar-refractivity contribution in [2.24, 2.45) is 5.84 Å². The Morgan fingerprint density at radius 3 is 2.56 bits per heavy atom. The molecule has 0 bridgehead atoms. The minimum absolute atomic E-state index is 0.319. The normalized spacial score (nSPS) is 10.8. The maximum Gasteiger partial charge on any atom is 0.149 e. The van der Waals surface area contributed by atoms with Gasteiger partial charge in [-0.05, 0) is 38.0 Å². The molecule has 0 aliphatic heterocycles. The molecule has 4 heteroatoms. The summed E-state index contributed by atoms with van der Waals surface area (Å²) in [7, 11) is 0. The van der Waals surface area contributed by atoms with Crippen LogP contribution in [0.4, 0.5) is 10.1 Å². The van der Waals surface area contributed by atoms with Crippen molar-refractivity contribution in [1.82, 2.24) is 4.98 Å². The molecule has 0 aliphatic rings. The first-order valence-electron chi connectivity index (χ1n) is 5.09.